The third-order valence-electron chi connectivity index (χ3n) is 3.28. The first kappa shape index (κ1) is 17.0. The third kappa shape index (κ3) is 4.57. The normalized spacial score (nSPS) is 13.2. The summed E-state index contributed by atoms with van der Waals surface area (Å²) < 4.78 is 14.9. The van der Waals surface area contributed by atoms with Gasteiger partial charge in [0, 0.05) is 10.9 Å². The van der Waals surface area contributed by atoms with E-state index in [0.717, 1.165) is 16.8 Å². The average Bonchev–Trinajstić information content (AvgIpc) is 3.09. The van der Waals surface area contributed by atoms with Crippen molar-refractivity contribution in [1.29, 1.82) is 0 Å². The van der Waals surface area contributed by atoms with Crippen LogP contribution in [0.25, 0.3) is 11.3 Å². The van der Waals surface area contributed by atoms with Crippen LogP contribution < -0.4 is 5.32 Å². The van der Waals surface area contributed by atoms with Crippen molar-refractivity contribution in [3.63, 3.8) is 0 Å². The number of carbonyl (C=O) groups excluding carboxylic acids is 2. The summed E-state index contributed by atoms with van der Waals surface area (Å²) in [7, 11) is 0. The van der Waals surface area contributed by atoms with Gasteiger partial charge in [0.15, 0.2) is 11.7 Å². The number of nitrogens with zero attached hydrogens (tertiary/aromatic N) is 1. The minimum absolute atomic E-state index is 0.0463. The van der Waals surface area contributed by atoms with E-state index in [-0.39, 0.29) is 12.4 Å². The summed E-state index contributed by atoms with van der Waals surface area (Å²) in [5.41, 5.74) is 2.90. The van der Waals surface area contributed by atoms with Crippen molar-refractivity contribution in [2.24, 2.45) is 0 Å². The fourth-order valence-electron chi connectivity index (χ4n) is 2.02. The predicted octanol–water partition coefficient (Wildman–Crippen LogP) is 2.49. The van der Waals surface area contributed by atoms with Gasteiger partial charge < -0.3 is 14.2 Å². The number of benzene rings is 1. The predicted molar refractivity (Wildman–Crippen MR) is 91.9 cm³/mol. The Bertz CT molecular complexity index is 798. The smallest absolute Gasteiger partial charge is 0.377 e. The lowest BCUT2D eigenvalue weighted by Gasteiger charge is -2.14. The zero-order valence-electron chi connectivity index (χ0n) is 13.5. The summed E-state index contributed by atoms with van der Waals surface area (Å²) in [4.78, 5) is 27.9. The van der Waals surface area contributed by atoms with Crippen LogP contribution in [0.15, 0.2) is 41.7 Å². The molecule has 1 amide bonds. The monoisotopic (exact) mass is 360 g/mol. The zero-order valence-corrected chi connectivity index (χ0v) is 14.3. The van der Waals surface area contributed by atoms with Crippen LogP contribution in [0.3, 0.4) is 0 Å². The van der Waals surface area contributed by atoms with Crippen LogP contribution in [-0.4, -0.2) is 36.7 Å². The number of rotatable bonds is 5. The molecule has 0 unspecified atom stereocenters. The first-order chi connectivity index (χ1) is 12.1. The number of hydrogen-bond donors (Lipinski definition) is 1. The number of carbonyl (C=O) groups is 2. The molecule has 0 saturated heterocycles. The molecule has 0 fully saturated rings. The van der Waals surface area contributed by atoms with Crippen molar-refractivity contribution in [3.05, 3.63) is 47.2 Å². The highest BCUT2D eigenvalue weighted by Crippen LogP contribution is 2.25. The first-order valence-electron chi connectivity index (χ1n) is 7.56. The van der Waals surface area contributed by atoms with Crippen molar-refractivity contribution in [2.45, 2.75) is 6.92 Å². The van der Waals surface area contributed by atoms with Crippen LogP contribution in [0, 0.1) is 6.92 Å². The van der Waals surface area contributed by atoms with E-state index in [0.29, 0.717) is 11.7 Å². The van der Waals surface area contributed by atoms with E-state index < -0.39 is 18.5 Å². The Morgan fingerprint density at radius 3 is 2.80 bits per heavy atom. The Kier molecular flexibility index (Phi) is 5.30. The molecule has 2 heterocycles. The lowest BCUT2D eigenvalue weighted by Crippen LogP contribution is -2.23. The number of aromatic nitrogens is 1. The third-order valence-corrected chi connectivity index (χ3v) is 4.04. The number of hydrogen-bond acceptors (Lipinski definition) is 7. The van der Waals surface area contributed by atoms with Gasteiger partial charge in [-0.15, -0.1) is 11.3 Å². The molecule has 1 aliphatic heterocycles. The molecular formula is C17H16N2O5S. The summed E-state index contributed by atoms with van der Waals surface area (Å²) in [6.07, 6.45) is 1.18. The minimum atomic E-state index is -0.741. The molecule has 1 aromatic carbocycles. The molecule has 0 bridgehead atoms. The summed E-state index contributed by atoms with van der Waals surface area (Å²) in [5.74, 6) is -1.26. The molecule has 3 rings (SSSR count). The van der Waals surface area contributed by atoms with E-state index >= 15 is 0 Å². The van der Waals surface area contributed by atoms with Gasteiger partial charge in [-0.25, -0.2) is 9.78 Å². The van der Waals surface area contributed by atoms with Crippen molar-refractivity contribution in [1.82, 2.24) is 4.98 Å². The fraction of sp³-hybridized carbons (Fsp3) is 0.235. The van der Waals surface area contributed by atoms with Crippen molar-refractivity contribution < 1.29 is 23.8 Å². The van der Waals surface area contributed by atoms with Crippen LogP contribution >= 0.6 is 11.3 Å². The Morgan fingerprint density at radius 2 is 2.08 bits per heavy atom. The highest BCUT2D eigenvalue weighted by Gasteiger charge is 2.18. The highest BCUT2D eigenvalue weighted by atomic mass is 32.1. The van der Waals surface area contributed by atoms with Gasteiger partial charge in [-0.3, -0.25) is 10.1 Å². The minimum Gasteiger partial charge on any atom is -0.493 e. The van der Waals surface area contributed by atoms with E-state index in [1.54, 1.807) is 0 Å². The fourth-order valence-corrected chi connectivity index (χ4v) is 2.76. The molecule has 0 radical (unpaired) electrons. The molecule has 1 N–H and O–H groups in total. The Balaban J connectivity index is 1.52. The zero-order chi connectivity index (χ0) is 17.6. The molecule has 7 nitrogen and oxygen atoms in total. The highest BCUT2D eigenvalue weighted by molar-refractivity contribution is 7.14. The van der Waals surface area contributed by atoms with Gasteiger partial charge in [-0.05, 0) is 6.92 Å². The standard InChI is InChI=1S/C17H16N2O5S/c1-11-2-4-12(5-3-11)13-10-25-17(18-13)19-15(20)9-24-16(21)14-8-22-6-7-23-14/h2-5,8,10H,6-7,9H2,1H3,(H,18,19,20). The molecule has 1 aromatic heterocycles. The van der Waals surface area contributed by atoms with Gasteiger partial charge in [0.2, 0.25) is 5.76 Å². The molecule has 0 atom stereocenters. The number of amides is 1. The quantitative estimate of drug-likeness (QED) is 0.825. The molecular weight excluding hydrogens is 344 g/mol. The van der Waals surface area contributed by atoms with Gasteiger partial charge in [-0.2, -0.15) is 0 Å². The summed E-state index contributed by atoms with van der Waals surface area (Å²) in [5, 5.41) is 4.89. The van der Waals surface area contributed by atoms with Crippen molar-refractivity contribution in [3.8, 4) is 11.3 Å². The molecule has 0 spiro atoms. The second-order valence-electron chi connectivity index (χ2n) is 5.23. The van der Waals surface area contributed by atoms with Gasteiger partial charge in [0.25, 0.3) is 5.91 Å². The first-order valence-corrected chi connectivity index (χ1v) is 8.44. The summed E-state index contributed by atoms with van der Waals surface area (Å²) in [6, 6.07) is 7.94. The van der Waals surface area contributed by atoms with Crippen LogP contribution in [0.2, 0.25) is 0 Å². The van der Waals surface area contributed by atoms with Gasteiger partial charge in [0.1, 0.15) is 19.5 Å². The van der Waals surface area contributed by atoms with Crippen LogP contribution in [0.1, 0.15) is 5.56 Å². The van der Waals surface area contributed by atoms with Gasteiger partial charge in [-0.1, -0.05) is 29.8 Å². The maximum absolute atomic E-state index is 11.9. The molecule has 2 aromatic rings. The van der Waals surface area contributed by atoms with Gasteiger partial charge in [0.05, 0.1) is 5.69 Å². The van der Waals surface area contributed by atoms with E-state index in [1.807, 2.05) is 36.6 Å². The Labute approximate surface area is 148 Å². The molecule has 8 heteroatoms. The molecule has 25 heavy (non-hydrogen) atoms. The van der Waals surface area contributed by atoms with Crippen molar-refractivity contribution in [2.75, 3.05) is 25.1 Å². The Morgan fingerprint density at radius 1 is 1.28 bits per heavy atom. The number of nitrogens with one attached hydrogen (secondary N) is 1. The summed E-state index contributed by atoms with van der Waals surface area (Å²) >= 11 is 1.30. The average molecular weight is 360 g/mol. The number of anilines is 1. The molecule has 1 aliphatic rings. The van der Waals surface area contributed by atoms with Crippen LogP contribution in [0.5, 0.6) is 0 Å². The van der Waals surface area contributed by atoms with Crippen LogP contribution in [0.4, 0.5) is 5.13 Å². The lowest BCUT2D eigenvalue weighted by atomic mass is 10.1. The lowest BCUT2D eigenvalue weighted by molar-refractivity contribution is -0.148. The largest absolute Gasteiger partial charge is 0.493 e. The molecule has 130 valence electrons. The maximum Gasteiger partial charge on any atom is 0.377 e. The number of thiazole rings is 1. The number of esters is 1. The van der Waals surface area contributed by atoms with E-state index in [4.69, 9.17) is 14.2 Å². The van der Waals surface area contributed by atoms with Crippen LogP contribution in [-0.2, 0) is 23.8 Å². The van der Waals surface area contributed by atoms with Crippen molar-refractivity contribution >= 4 is 28.3 Å². The van der Waals surface area contributed by atoms with E-state index in [9.17, 15) is 9.59 Å². The topological polar surface area (TPSA) is 86.8 Å². The molecule has 0 saturated carbocycles. The van der Waals surface area contributed by atoms with E-state index in [1.165, 1.54) is 17.6 Å². The second kappa shape index (κ2) is 7.80. The number of ether oxygens (including phenoxy) is 3. The molecule has 0 aliphatic carbocycles. The Hall–Kier alpha value is -2.87. The SMILES string of the molecule is Cc1ccc(-c2csc(NC(=O)COC(=O)C3=COCCO3)n2)cc1. The summed E-state index contributed by atoms with van der Waals surface area (Å²) in [6.45, 7) is 2.23. The second-order valence-corrected chi connectivity index (χ2v) is 6.09. The number of aryl methyl sites for hydroxylation is 1. The van der Waals surface area contributed by atoms with Gasteiger partial charge >= 0.3 is 5.97 Å². The van der Waals surface area contributed by atoms with E-state index in [2.05, 4.69) is 10.3 Å². The maximum atomic E-state index is 11.9.